The third-order valence-corrected chi connectivity index (χ3v) is 7.08. The summed E-state index contributed by atoms with van der Waals surface area (Å²) in [6, 6.07) is 18.2. The molecule has 0 aliphatic heterocycles. The maximum absolute atomic E-state index is 13.3. The van der Waals surface area contributed by atoms with Gasteiger partial charge in [-0.25, -0.2) is 8.42 Å². The van der Waals surface area contributed by atoms with Gasteiger partial charge in [0, 0.05) is 5.69 Å². The lowest BCUT2D eigenvalue weighted by molar-refractivity contribution is -0.117. The quantitative estimate of drug-likeness (QED) is 0.457. The molecule has 0 aromatic heterocycles. The SMILES string of the molecule is CCc1cccc(C)c1NC(=O)[C@H](Cc1ccccc1)NS(=O)(=O)c1ccc(OC)c(Cl)c1. The van der Waals surface area contributed by atoms with Crippen molar-refractivity contribution < 1.29 is 17.9 Å². The number of para-hydroxylation sites is 1. The molecule has 3 aromatic carbocycles. The van der Waals surface area contributed by atoms with Crippen LogP contribution in [0.15, 0.2) is 71.6 Å². The summed E-state index contributed by atoms with van der Waals surface area (Å²) in [5.41, 5.74) is 3.42. The largest absolute Gasteiger partial charge is 0.495 e. The van der Waals surface area contributed by atoms with E-state index in [-0.39, 0.29) is 16.3 Å². The van der Waals surface area contributed by atoms with Gasteiger partial charge < -0.3 is 10.1 Å². The lowest BCUT2D eigenvalue weighted by Crippen LogP contribution is -2.45. The first-order chi connectivity index (χ1) is 15.7. The molecule has 0 fully saturated rings. The van der Waals surface area contributed by atoms with E-state index in [0.29, 0.717) is 11.4 Å². The van der Waals surface area contributed by atoms with E-state index in [1.165, 1.54) is 25.3 Å². The number of methoxy groups -OCH3 is 1. The standard InChI is InChI=1S/C25H27ClN2O4S/c1-4-19-12-8-9-17(2)24(19)27-25(29)22(15-18-10-6-5-7-11-18)28-33(30,31)20-13-14-23(32-3)21(26)16-20/h5-14,16,22,28H,4,15H2,1-3H3,(H,27,29)/t22-/m0/s1. The molecule has 0 aliphatic rings. The number of aryl methyl sites for hydroxylation is 2. The lowest BCUT2D eigenvalue weighted by atomic mass is 10.0. The molecule has 0 aliphatic carbocycles. The molecule has 33 heavy (non-hydrogen) atoms. The van der Waals surface area contributed by atoms with Crippen molar-refractivity contribution in [3.63, 3.8) is 0 Å². The molecular weight excluding hydrogens is 460 g/mol. The van der Waals surface area contributed by atoms with Gasteiger partial charge in [-0.2, -0.15) is 4.72 Å². The van der Waals surface area contributed by atoms with Crippen LogP contribution in [0.1, 0.15) is 23.6 Å². The highest BCUT2D eigenvalue weighted by Crippen LogP contribution is 2.27. The average molecular weight is 487 g/mol. The highest BCUT2D eigenvalue weighted by atomic mass is 35.5. The highest BCUT2D eigenvalue weighted by Gasteiger charge is 2.27. The Hall–Kier alpha value is -2.87. The number of carbonyl (C=O) groups is 1. The van der Waals surface area contributed by atoms with Crippen LogP contribution in [-0.4, -0.2) is 27.5 Å². The van der Waals surface area contributed by atoms with E-state index in [0.717, 1.165) is 23.1 Å². The van der Waals surface area contributed by atoms with E-state index >= 15 is 0 Å². The highest BCUT2D eigenvalue weighted by molar-refractivity contribution is 7.89. The van der Waals surface area contributed by atoms with Crippen LogP contribution in [0.4, 0.5) is 5.69 Å². The van der Waals surface area contributed by atoms with Crippen LogP contribution in [-0.2, 0) is 27.7 Å². The molecule has 0 radical (unpaired) electrons. The van der Waals surface area contributed by atoms with Gasteiger partial charge in [0.15, 0.2) is 0 Å². The van der Waals surface area contributed by atoms with Crippen molar-refractivity contribution in [3.05, 3.63) is 88.4 Å². The summed E-state index contributed by atoms with van der Waals surface area (Å²) in [7, 11) is -2.59. The minimum atomic E-state index is -4.04. The molecule has 8 heteroatoms. The molecule has 0 bridgehead atoms. The molecule has 0 saturated heterocycles. The summed E-state index contributed by atoms with van der Waals surface area (Å²) in [5.74, 6) is -0.0770. The Balaban J connectivity index is 1.93. The third-order valence-electron chi connectivity index (χ3n) is 5.32. The zero-order valence-electron chi connectivity index (χ0n) is 18.8. The Morgan fingerprint density at radius 2 is 1.79 bits per heavy atom. The van der Waals surface area contributed by atoms with Gasteiger partial charge in [0.2, 0.25) is 15.9 Å². The van der Waals surface area contributed by atoms with Crippen LogP contribution in [0.5, 0.6) is 5.75 Å². The summed E-state index contributed by atoms with van der Waals surface area (Å²) in [4.78, 5) is 13.3. The number of ether oxygens (including phenoxy) is 1. The fourth-order valence-corrected chi connectivity index (χ4v) is 5.06. The Labute approximate surface area is 200 Å². The molecule has 1 amide bonds. The number of halogens is 1. The number of hydrogen-bond acceptors (Lipinski definition) is 4. The van der Waals surface area contributed by atoms with Gasteiger partial charge in [-0.15, -0.1) is 0 Å². The van der Waals surface area contributed by atoms with Gasteiger partial charge >= 0.3 is 0 Å². The van der Waals surface area contributed by atoms with Gasteiger partial charge in [0.25, 0.3) is 0 Å². The number of benzene rings is 3. The zero-order valence-corrected chi connectivity index (χ0v) is 20.3. The normalized spacial score (nSPS) is 12.2. The van der Waals surface area contributed by atoms with Gasteiger partial charge in [-0.1, -0.05) is 67.1 Å². The molecular formula is C25H27ClN2O4S. The fraction of sp³-hybridized carbons (Fsp3) is 0.240. The van der Waals surface area contributed by atoms with Gasteiger partial charge in [-0.3, -0.25) is 4.79 Å². The van der Waals surface area contributed by atoms with Crippen molar-refractivity contribution >= 4 is 33.2 Å². The zero-order chi connectivity index (χ0) is 24.0. The first-order valence-electron chi connectivity index (χ1n) is 10.5. The maximum atomic E-state index is 13.3. The monoisotopic (exact) mass is 486 g/mol. The van der Waals surface area contributed by atoms with Crippen molar-refractivity contribution in [2.24, 2.45) is 0 Å². The van der Waals surface area contributed by atoms with Crippen LogP contribution < -0.4 is 14.8 Å². The first kappa shape index (κ1) is 24.8. The van der Waals surface area contributed by atoms with Crippen molar-refractivity contribution in [2.45, 2.75) is 37.6 Å². The predicted octanol–water partition coefficient (Wildman–Crippen LogP) is 4.75. The first-order valence-corrected chi connectivity index (χ1v) is 12.4. The number of anilines is 1. The second kappa shape index (κ2) is 10.8. The van der Waals surface area contributed by atoms with E-state index in [9.17, 15) is 13.2 Å². The van der Waals surface area contributed by atoms with Gasteiger partial charge in [0.1, 0.15) is 11.8 Å². The molecule has 6 nitrogen and oxygen atoms in total. The molecule has 0 saturated carbocycles. The van der Waals surface area contributed by atoms with E-state index in [1.54, 1.807) is 0 Å². The van der Waals surface area contributed by atoms with E-state index < -0.39 is 22.0 Å². The Morgan fingerprint density at radius 1 is 1.06 bits per heavy atom. The summed E-state index contributed by atoms with van der Waals surface area (Å²) in [6.45, 7) is 3.91. The summed E-state index contributed by atoms with van der Waals surface area (Å²) < 4.78 is 33.9. The summed E-state index contributed by atoms with van der Waals surface area (Å²) in [6.07, 6.45) is 0.917. The smallest absolute Gasteiger partial charge is 0.242 e. The van der Waals surface area contributed by atoms with Crippen LogP contribution in [0, 0.1) is 6.92 Å². The number of nitrogens with one attached hydrogen (secondary N) is 2. The van der Waals surface area contributed by atoms with E-state index in [2.05, 4.69) is 10.0 Å². The second-order valence-electron chi connectivity index (χ2n) is 7.61. The van der Waals surface area contributed by atoms with Gasteiger partial charge in [0.05, 0.1) is 17.0 Å². The van der Waals surface area contributed by atoms with Crippen molar-refractivity contribution in [2.75, 3.05) is 12.4 Å². The van der Waals surface area contributed by atoms with Crippen LogP contribution in [0.3, 0.4) is 0 Å². The molecule has 0 spiro atoms. The maximum Gasteiger partial charge on any atom is 0.242 e. The average Bonchev–Trinajstić information content (AvgIpc) is 2.80. The number of sulfonamides is 1. The van der Waals surface area contributed by atoms with Crippen LogP contribution in [0.25, 0.3) is 0 Å². The van der Waals surface area contributed by atoms with E-state index in [4.69, 9.17) is 16.3 Å². The number of amides is 1. The number of carbonyl (C=O) groups excluding carboxylic acids is 1. The Morgan fingerprint density at radius 3 is 2.42 bits per heavy atom. The van der Waals surface area contributed by atoms with Gasteiger partial charge in [-0.05, 0) is 54.7 Å². The summed E-state index contributed by atoms with van der Waals surface area (Å²) >= 11 is 6.13. The van der Waals surface area contributed by atoms with Crippen LogP contribution in [0.2, 0.25) is 5.02 Å². The Kier molecular flexibility index (Phi) is 8.13. The molecule has 3 rings (SSSR count). The topological polar surface area (TPSA) is 84.5 Å². The number of rotatable bonds is 9. The molecule has 0 heterocycles. The second-order valence-corrected chi connectivity index (χ2v) is 9.73. The number of hydrogen-bond donors (Lipinski definition) is 2. The minimum Gasteiger partial charge on any atom is -0.495 e. The predicted molar refractivity (Wildman–Crippen MR) is 131 cm³/mol. The van der Waals surface area contributed by atoms with E-state index in [1.807, 2.05) is 62.4 Å². The van der Waals surface area contributed by atoms with Crippen molar-refractivity contribution in [1.29, 1.82) is 0 Å². The molecule has 0 unspecified atom stereocenters. The molecule has 1 atom stereocenters. The molecule has 174 valence electrons. The lowest BCUT2D eigenvalue weighted by Gasteiger charge is -2.21. The minimum absolute atomic E-state index is 0.0516. The fourth-order valence-electron chi connectivity index (χ4n) is 3.52. The van der Waals surface area contributed by atoms with Crippen molar-refractivity contribution in [3.8, 4) is 5.75 Å². The molecule has 2 N–H and O–H groups in total. The summed E-state index contributed by atoms with van der Waals surface area (Å²) in [5, 5.41) is 3.11. The van der Waals surface area contributed by atoms with Crippen molar-refractivity contribution in [1.82, 2.24) is 4.72 Å². The third kappa shape index (κ3) is 6.13. The molecule has 3 aromatic rings. The van der Waals surface area contributed by atoms with Crippen LogP contribution >= 0.6 is 11.6 Å². The Bertz CT molecular complexity index is 1230.